The van der Waals surface area contributed by atoms with Crippen molar-refractivity contribution >= 4 is 11.5 Å². The van der Waals surface area contributed by atoms with Crippen LogP contribution in [-0.4, -0.2) is 31.0 Å². The average molecular weight is 327 g/mol. The highest BCUT2D eigenvalue weighted by molar-refractivity contribution is 5.60. The first-order valence-corrected chi connectivity index (χ1v) is 6.51. The van der Waals surface area contributed by atoms with Crippen LogP contribution in [-0.2, 0) is 12.8 Å². The maximum Gasteiger partial charge on any atom is 0.434 e. The number of nitrogens with zero attached hydrogens (tertiary/aromatic N) is 4. The summed E-state index contributed by atoms with van der Waals surface area (Å²) in [6, 6.07) is 3.18. The molecule has 2 aromatic rings. The molecule has 0 aromatic carbocycles. The molecule has 0 amide bonds. The van der Waals surface area contributed by atoms with E-state index in [-0.39, 0.29) is 12.3 Å². The van der Waals surface area contributed by atoms with Crippen molar-refractivity contribution in [2.75, 3.05) is 5.01 Å². The fourth-order valence-electron chi connectivity index (χ4n) is 2.08. The van der Waals surface area contributed by atoms with Gasteiger partial charge in [0, 0.05) is 18.6 Å². The van der Waals surface area contributed by atoms with E-state index in [9.17, 15) is 18.3 Å². The number of aliphatic hydroxyl groups excluding tert-OH is 2. The van der Waals surface area contributed by atoms with Crippen LogP contribution < -0.4 is 10.4 Å². The van der Waals surface area contributed by atoms with Crippen molar-refractivity contribution in [2.24, 2.45) is 0 Å². The van der Waals surface area contributed by atoms with E-state index in [4.69, 9.17) is 5.11 Å². The maximum absolute atomic E-state index is 12.6. The van der Waals surface area contributed by atoms with Gasteiger partial charge in [-0.05, 0) is 11.6 Å². The number of rotatable bonds is 3. The monoisotopic (exact) mass is 327 g/mol. The third-order valence-electron chi connectivity index (χ3n) is 3.27. The topological polar surface area (TPSA) is 86.4 Å². The molecule has 0 saturated carbocycles. The number of halogens is 3. The molecule has 3 rings (SSSR count). The Hall–Kier alpha value is -2.59. The highest BCUT2D eigenvalue weighted by atomic mass is 19.4. The van der Waals surface area contributed by atoms with Gasteiger partial charge >= 0.3 is 6.18 Å². The van der Waals surface area contributed by atoms with Crippen LogP contribution >= 0.6 is 0 Å². The molecular weight excluding hydrogens is 315 g/mol. The van der Waals surface area contributed by atoms with Gasteiger partial charge in [-0.3, -0.25) is 5.43 Å². The van der Waals surface area contributed by atoms with Crippen molar-refractivity contribution in [3.63, 3.8) is 0 Å². The van der Waals surface area contributed by atoms with Gasteiger partial charge < -0.3 is 14.8 Å². The number of nitrogens with one attached hydrogen (secondary N) is 1. The molecule has 0 saturated heterocycles. The molecule has 1 unspecified atom stereocenters. The molecule has 3 N–H and O–H groups in total. The lowest BCUT2D eigenvalue weighted by atomic mass is 10.3. The number of aliphatic hydroxyl groups is 2. The number of hydrogen-bond acceptors (Lipinski definition) is 6. The van der Waals surface area contributed by atoms with E-state index in [0.29, 0.717) is 11.4 Å². The van der Waals surface area contributed by atoms with Gasteiger partial charge in [-0.25, -0.2) is 15.0 Å². The number of aromatic nitrogens is 3. The largest absolute Gasteiger partial charge is 0.434 e. The summed E-state index contributed by atoms with van der Waals surface area (Å²) in [5.74, 6) is 0.345. The molecule has 122 valence electrons. The average Bonchev–Trinajstić information content (AvgIpc) is 3.13. The molecule has 0 fully saturated rings. The van der Waals surface area contributed by atoms with Crippen molar-refractivity contribution in [1.82, 2.24) is 20.0 Å². The lowest BCUT2D eigenvalue weighted by Gasteiger charge is -2.23. The Morgan fingerprint density at radius 3 is 2.61 bits per heavy atom. The van der Waals surface area contributed by atoms with Gasteiger partial charge in [0.1, 0.15) is 5.82 Å². The summed E-state index contributed by atoms with van der Waals surface area (Å²) < 4.78 is 38.8. The van der Waals surface area contributed by atoms with Crippen molar-refractivity contribution < 1.29 is 23.4 Å². The van der Waals surface area contributed by atoms with E-state index in [1.807, 2.05) is 0 Å². The van der Waals surface area contributed by atoms with Crippen LogP contribution in [0.1, 0.15) is 11.3 Å². The third kappa shape index (κ3) is 2.85. The van der Waals surface area contributed by atoms with Crippen LogP contribution in [0.3, 0.4) is 0 Å². The van der Waals surface area contributed by atoms with E-state index in [1.54, 1.807) is 12.1 Å². The molecule has 1 aliphatic rings. The van der Waals surface area contributed by atoms with Gasteiger partial charge in [-0.15, -0.1) is 0 Å². The summed E-state index contributed by atoms with van der Waals surface area (Å²) in [6.45, 7) is -0.165. The van der Waals surface area contributed by atoms with E-state index >= 15 is 0 Å². The predicted molar refractivity (Wildman–Crippen MR) is 73.3 cm³/mol. The number of hydrazine groups is 1. The second-order valence-electron chi connectivity index (χ2n) is 4.79. The van der Waals surface area contributed by atoms with Gasteiger partial charge in [-0.1, -0.05) is 6.07 Å². The van der Waals surface area contributed by atoms with E-state index in [2.05, 4.69) is 15.4 Å². The number of pyridine rings is 1. The van der Waals surface area contributed by atoms with Crippen molar-refractivity contribution in [3.8, 4) is 0 Å². The number of hydrogen-bond donors (Lipinski definition) is 3. The molecule has 1 aliphatic heterocycles. The van der Waals surface area contributed by atoms with E-state index in [1.165, 1.54) is 17.4 Å². The number of anilines is 1. The number of alkyl halides is 3. The predicted octanol–water partition coefficient (Wildman–Crippen LogP) is 0.931. The smallest absolute Gasteiger partial charge is 0.392 e. The lowest BCUT2D eigenvalue weighted by molar-refractivity contribution is -0.140. The molecule has 1 atom stereocenters. The molecule has 7 nitrogen and oxygen atoms in total. The lowest BCUT2D eigenvalue weighted by Crippen LogP contribution is -2.39. The van der Waals surface area contributed by atoms with E-state index in [0.717, 1.165) is 17.1 Å². The maximum atomic E-state index is 12.6. The van der Waals surface area contributed by atoms with Crippen LogP contribution in [0.5, 0.6) is 0 Å². The SMILES string of the molecule is OCc1ccc(N2NC=C(n3cnc(C(F)(F)F)c3)C2O)nc1. The van der Waals surface area contributed by atoms with Crippen molar-refractivity contribution in [1.29, 1.82) is 0 Å². The number of imidazole rings is 1. The molecule has 0 spiro atoms. The Kier molecular flexibility index (Phi) is 3.70. The van der Waals surface area contributed by atoms with Crippen LogP contribution in [0.4, 0.5) is 19.0 Å². The molecule has 0 aliphatic carbocycles. The fraction of sp³-hybridized carbons (Fsp3) is 0.231. The van der Waals surface area contributed by atoms with Crippen LogP contribution in [0.2, 0.25) is 0 Å². The Balaban J connectivity index is 1.80. The molecular formula is C13H12F3N5O2. The minimum atomic E-state index is -4.55. The summed E-state index contributed by atoms with van der Waals surface area (Å²) in [7, 11) is 0. The summed E-state index contributed by atoms with van der Waals surface area (Å²) in [4.78, 5) is 7.34. The quantitative estimate of drug-likeness (QED) is 0.778. The first kappa shape index (κ1) is 15.3. The van der Waals surface area contributed by atoms with Gasteiger partial charge in [0.05, 0.1) is 18.6 Å². The standard InChI is InChI=1S/C13H12F3N5O2/c14-13(15,16)10-5-20(7-18-10)9-4-19-21(12(9)23)11-2-1-8(6-22)3-17-11/h1-5,7,12,19,22-23H,6H2. The van der Waals surface area contributed by atoms with Gasteiger partial charge in [0.2, 0.25) is 0 Å². The molecule has 3 heterocycles. The normalized spacial score (nSPS) is 18.0. The van der Waals surface area contributed by atoms with Crippen LogP contribution in [0, 0.1) is 0 Å². The van der Waals surface area contributed by atoms with Crippen LogP contribution in [0.25, 0.3) is 5.70 Å². The first-order chi connectivity index (χ1) is 10.9. The van der Waals surface area contributed by atoms with Gasteiger partial charge in [0.15, 0.2) is 11.9 Å². The first-order valence-electron chi connectivity index (χ1n) is 6.51. The Labute approximate surface area is 128 Å². The Morgan fingerprint density at radius 1 is 1.26 bits per heavy atom. The molecule has 0 bridgehead atoms. The summed E-state index contributed by atoms with van der Waals surface area (Å²) >= 11 is 0. The highest BCUT2D eigenvalue weighted by Gasteiger charge is 2.35. The van der Waals surface area contributed by atoms with E-state index < -0.39 is 18.1 Å². The zero-order chi connectivity index (χ0) is 16.6. The second kappa shape index (κ2) is 5.56. The second-order valence-corrected chi connectivity index (χ2v) is 4.79. The van der Waals surface area contributed by atoms with Crippen molar-refractivity contribution in [2.45, 2.75) is 19.0 Å². The fourth-order valence-corrected chi connectivity index (χ4v) is 2.08. The third-order valence-corrected chi connectivity index (χ3v) is 3.27. The summed E-state index contributed by atoms with van der Waals surface area (Å²) in [5.41, 5.74) is 2.44. The Bertz CT molecular complexity index is 726. The summed E-state index contributed by atoms with van der Waals surface area (Å²) in [6.07, 6.45) is -1.25. The molecule has 2 aromatic heterocycles. The molecule has 10 heteroatoms. The van der Waals surface area contributed by atoms with Gasteiger partial charge in [-0.2, -0.15) is 13.2 Å². The summed E-state index contributed by atoms with van der Waals surface area (Å²) in [5, 5.41) is 20.5. The minimum absolute atomic E-state index is 0.165. The minimum Gasteiger partial charge on any atom is -0.392 e. The van der Waals surface area contributed by atoms with Gasteiger partial charge in [0.25, 0.3) is 0 Å². The zero-order valence-corrected chi connectivity index (χ0v) is 11.6. The molecule has 23 heavy (non-hydrogen) atoms. The van der Waals surface area contributed by atoms with Crippen LogP contribution in [0.15, 0.2) is 37.1 Å². The highest BCUT2D eigenvalue weighted by Crippen LogP contribution is 2.29. The zero-order valence-electron chi connectivity index (χ0n) is 11.6. The Morgan fingerprint density at radius 2 is 2.04 bits per heavy atom. The molecule has 0 radical (unpaired) electrons. The van der Waals surface area contributed by atoms with Crippen molar-refractivity contribution in [3.05, 3.63) is 48.3 Å².